The molecule has 6 nitrogen and oxygen atoms in total. The van der Waals surface area contributed by atoms with Crippen molar-refractivity contribution in [2.45, 2.75) is 32.5 Å². The van der Waals surface area contributed by atoms with Gasteiger partial charge in [0, 0.05) is 6.54 Å². The third kappa shape index (κ3) is 4.71. The van der Waals surface area contributed by atoms with Gasteiger partial charge in [0.25, 0.3) is 0 Å². The van der Waals surface area contributed by atoms with Crippen LogP contribution in [-0.4, -0.2) is 26.4 Å². The van der Waals surface area contributed by atoms with Gasteiger partial charge in [0.2, 0.25) is 5.91 Å². The van der Waals surface area contributed by atoms with Crippen molar-refractivity contribution in [1.29, 1.82) is 0 Å². The highest BCUT2D eigenvalue weighted by Crippen LogP contribution is 2.33. The van der Waals surface area contributed by atoms with Gasteiger partial charge in [-0.25, -0.2) is 0 Å². The van der Waals surface area contributed by atoms with Gasteiger partial charge in [0.15, 0.2) is 16.7 Å². The van der Waals surface area contributed by atoms with E-state index >= 15 is 0 Å². The monoisotopic (exact) mass is 438 g/mol. The number of thioether (sulfide) groups is 1. The van der Waals surface area contributed by atoms with E-state index in [1.807, 2.05) is 17.6 Å². The maximum absolute atomic E-state index is 12.4. The Morgan fingerprint density at radius 2 is 2.07 bits per heavy atom. The van der Waals surface area contributed by atoms with Crippen LogP contribution in [0.2, 0.25) is 10.0 Å². The Morgan fingerprint density at radius 1 is 1.29 bits per heavy atom. The van der Waals surface area contributed by atoms with Crippen molar-refractivity contribution in [3.05, 3.63) is 46.1 Å². The van der Waals surface area contributed by atoms with E-state index in [1.54, 1.807) is 24.5 Å². The number of carbonyl (C=O) groups is 1. The van der Waals surface area contributed by atoms with Crippen molar-refractivity contribution in [2.75, 3.05) is 11.1 Å². The molecule has 0 saturated carbocycles. The largest absolute Gasteiger partial charge is 0.461 e. The number of benzene rings is 1. The van der Waals surface area contributed by atoms with Gasteiger partial charge >= 0.3 is 0 Å². The standard InChI is InChI=1S/C19H20Cl2N4O2S/c1-11(2)9-25-18(14-5-4-8-27-14)23-24-19(25)28-10-15(26)22-17-13(20)7-6-12(3)16(17)21/h4-8,11H,9-10H2,1-3H3,(H,22,26). The number of nitrogens with zero attached hydrogens (tertiary/aromatic N) is 3. The van der Waals surface area contributed by atoms with Gasteiger partial charge in [0.05, 0.1) is 27.7 Å². The number of carbonyl (C=O) groups excluding carboxylic acids is 1. The molecule has 28 heavy (non-hydrogen) atoms. The minimum Gasteiger partial charge on any atom is -0.461 e. The van der Waals surface area contributed by atoms with Crippen molar-refractivity contribution in [3.63, 3.8) is 0 Å². The number of aromatic nitrogens is 3. The van der Waals surface area contributed by atoms with Crippen LogP contribution in [0.4, 0.5) is 5.69 Å². The van der Waals surface area contributed by atoms with E-state index in [9.17, 15) is 4.79 Å². The number of hydrogen-bond acceptors (Lipinski definition) is 5. The molecule has 9 heteroatoms. The molecule has 148 valence electrons. The highest BCUT2D eigenvalue weighted by atomic mass is 35.5. The Morgan fingerprint density at radius 3 is 2.75 bits per heavy atom. The fraction of sp³-hybridized carbons (Fsp3) is 0.316. The lowest BCUT2D eigenvalue weighted by atomic mass is 10.2. The van der Waals surface area contributed by atoms with Gasteiger partial charge in [-0.15, -0.1) is 10.2 Å². The first kappa shape index (κ1) is 20.8. The summed E-state index contributed by atoms with van der Waals surface area (Å²) in [5, 5.41) is 12.7. The van der Waals surface area contributed by atoms with Gasteiger partial charge in [-0.3, -0.25) is 9.36 Å². The van der Waals surface area contributed by atoms with Gasteiger partial charge in [0.1, 0.15) is 0 Å². The fourth-order valence-corrected chi connectivity index (χ4v) is 3.80. The van der Waals surface area contributed by atoms with E-state index in [0.29, 0.717) is 44.9 Å². The summed E-state index contributed by atoms with van der Waals surface area (Å²) in [7, 11) is 0. The molecule has 0 spiro atoms. The summed E-state index contributed by atoms with van der Waals surface area (Å²) in [5.74, 6) is 1.59. The van der Waals surface area contributed by atoms with Crippen LogP contribution in [0.25, 0.3) is 11.6 Å². The topological polar surface area (TPSA) is 73.0 Å². The zero-order valence-electron chi connectivity index (χ0n) is 15.7. The second kappa shape index (κ2) is 9.03. The van der Waals surface area contributed by atoms with Crippen molar-refractivity contribution in [1.82, 2.24) is 14.8 Å². The first-order valence-corrected chi connectivity index (χ1v) is 10.4. The Bertz CT molecular complexity index is 971. The molecule has 0 unspecified atom stereocenters. The predicted octanol–water partition coefficient (Wildman–Crippen LogP) is 5.54. The van der Waals surface area contributed by atoms with Gasteiger partial charge in [-0.05, 0) is 36.6 Å². The molecule has 0 aliphatic heterocycles. The molecule has 2 aromatic heterocycles. The smallest absolute Gasteiger partial charge is 0.234 e. The van der Waals surface area contributed by atoms with Crippen LogP contribution >= 0.6 is 35.0 Å². The van der Waals surface area contributed by atoms with E-state index in [4.69, 9.17) is 27.6 Å². The maximum Gasteiger partial charge on any atom is 0.234 e. The van der Waals surface area contributed by atoms with E-state index in [1.165, 1.54) is 11.8 Å². The molecule has 3 aromatic rings. The van der Waals surface area contributed by atoms with Crippen LogP contribution in [0.15, 0.2) is 40.1 Å². The molecule has 0 radical (unpaired) electrons. The SMILES string of the molecule is Cc1ccc(Cl)c(NC(=O)CSc2nnc(-c3ccco3)n2CC(C)C)c1Cl. The summed E-state index contributed by atoms with van der Waals surface area (Å²) >= 11 is 13.7. The minimum atomic E-state index is -0.224. The lowest BCUT2D eigenvalue weighted by Crippen LogP contribution is -2.16. The van der Waals surface area contributed by atoms with Crippen LogP contribution < -0.4 is 5.32 Å². The molecule has 0 bridgehead atoms. The molecule has 2 heterocycles. The van der Waals surface area contributed by atoms with E-state index in [0.717, 1.165) is 5.56 Å². The Kier molecular flexibility index (Phi) is 6.69. The second-order valence-electron chi connectivity index (χ2n) is 6.68. The number of halogens is 2. The number of aryl methyl sites for hydroxylation is 1. The third-order valence-electron chi connectivity index (χ3n) is 3.89. The first-order valence-electron chi connectivity index (χ1n) is 8.71. The Labute approximate surface area is 177 Å². The summed E-state index contributed by atoms with van der Waals surface area (Å²) in [6, 6.07) is 7.16. The van der Waals surface area contributed by atoms with Crippen LogP contribution in [0, 0.1) is 12.8 Å². The molecule has 0 saturated heterocycles. The molecule has 3 rings (SSSR count). The predicted molar refractivity (Wildman–Crippen MR) is 113 cm³/mol. The quantitative estimate of drug-likeness (QED) is 0.490. The highest BCUT2D eigenvalue weighted by Gasteiger charge is 2.19. The molecule has 0 aliphatic carbocycles. The van der Waals surface area contributed by atoms with E-state index < -0.39 is 0 Å². The number of rotatable bonds is 7. The average Bonchev–Trinajstić information content (AvgIpc) is 3.30. The van der Waals surface area contributed by atoms with Gasteiger partial charge in [-0.2, -0.15) is 0 Å². The van der Waals surface area contributed by atoms with Crippen molar-refractivity contribution in [2.24, 2.45) is 5.92 Å². The zero-order valence-corrected chi connectivity index (χ0v) is 18.0. The summed E-state index contributed by atoms with van der Waals surface area (Å²) in [4.78, 5) is 12.4. The minimum absolute atomic E-state index is 0.148. The van der Waals surface area contributed by atoms with E-state index in [-0.39, 0.29) is 11.7 Å². The summed E-state index contributed by atoms with van der Waals surface area (Å²) in [6.45, 7) is 6.78. The molecular formula is C19H20Cl2N4O2S. The third-order valence-corrected chi connectivity index (χ3v) is 5.66. The number of anilines is 1. The summed E-state index contributed by atoms with van der Waals surface area (Å²) in [6.07, 6.45) is 1.60. The van der Waals surface area contributed by atoms with Crippen LogP contribution in [0.3, 0.4) is 0 Å². The van der Waals surface area contributed by atoms with Crippen molar-refractivity contribution >= 4 is 46.6 Å². The molecule has 0 fully saturated rings. The molecule has 1 amide bonds. The van der Waals surface area contributed by atoms with Crippen LogP contribution in [0.5, 0.6) is 0 Å². The van der Waals surface area contributed by atoms with Crippen molar-refractivity contribution < 1.29 is 9.21 Å². The number of amides is 1. The molecule has 0 atom stereocenters. The normalized spacial score (nSPS) is 11.2. The lowest BCUT2D eigenvalue weighted by Gasteiger charge is -2.12. The number of furan rings is 1. The van der Waals surface area contributed by atoms with Gasteiger partial charge in [-0.1, -0.05) is 54.9 Å². The zero-order chi connectivity index (χ0) is 20.3. The average molecular weight is 439 g/mol. The molecule has 1 aromatic carbocycles. The molecule has 1 N–H and O–H groups in total. The molecule has 0 aliphatic rings. The van der Waals surface area contributed by atoms with Crippen molar-refractivity contribution in [3.8, 4) is 11.6 Å². The lowest BCUT2D eigenvalue weighted by molar-refractivity contribution is -0.113. The Balaban J connectivity index is 1.74. The van der Waals surface area contributed by atoms with Crippen LogP contribution in [0.1, 0.15) is 19.4 Å². The second-order valence-corrected chi connectivity index (χ2v) is 8.41. The Hall–Kier alpha value is -1.96. The van der Waals surface area contributed by atoms with Crippen LogP contribution in [-0.2, 0) is 11.3 Å². The maximum atomic E-state index is 12.4. The summed E-state index contributed by atoms with van der Waals surface area (Å²) in [5.41, 5.74) is 1.27. The molecular weight excluding hydrogens is 419 g/mol. The number of hydrogen-bond donors (Lipinski definition) is 1. The van der Waals surface area contributed by atoms with E-state index in [2.05, 4.69) is 29.4 Å². The highest BCUT2D eigenvalue weighted by molar-refractivity contribution is 7.99. The first-order chi connectivity index (χ1) is 13.4. The summed E-state index contributed by atoms with van der Waals surface area (Å²) < 4.78 is 7.42. The number of nitrogens with one attached hydrogen (secondary N) is 1. The fourth-order valence-electron chi connectivity index (χ4n) is 2.59. The van der Waals surface area contributed by atoms with Gasteiger partial charge < -0.3 is 9.73 Å².